The van der Waals surface area contributed by atoms with Crippen LogP contribution in [0.5, 0.6) is 5.75 Å². The number of halogens is 2. The van der Waals surface area contributed by atoms with Gasteiger partial charge in [0.05, 0.1) is 18.3 Å². The van der Waals surface area contributed by atoms with Gasteiger partial charge in [-0.1, -0.05) is 119 Å². The number of furan rings is 1. The molecule has 0 aliphatic carbocycles. The first-order chi connectivity index (χ1) is 37.9. The average Bonchev–Trinajstić information content (AvgIpc) is 4.00. The Labute approximate surface area is 453 Å². The van der Waals surface area contributed by atoms with Gasteiger partial charge in [0.15, 0.2) is 11.6 Å². The van der Waals surface area contributed by atoms with E-state index in [1.165, 1.54) is 30.9 Å². The van der Waals surface area contributed by atoms with Crippen molar-refractivity contribution in [3.63, 3.8) is 0 Å². The molecule has 0 saturated heterocycles. The highest BCUT2D eigenvalue weighted by Crippen LogP contribution is 2.25. The summed E-state index contributed by atoms with van der Waals surface area (Å²) in [4.78, 5) is 68.3. The van der Waals surface area contributed by atoms with Gasteiger partial charge >= 0.3 is 0 Å². The van der Waals surface area contributed by atoms with Gasteiger partial charge in [-0.3, -0.25) is 29.3 Å². The van der Waals surface area contributed by atoms with Gasteiger partial charge in [0, 0.05) is 69.4 Å². The van der Waals surface area contributed by atoms with E-state index in [1.54, 1.807) is 61.3 Å². The van der Waals surface area contributed by atoms with Crippen molar-refractivity contribution >= 4 is 64.7 Å². The van der Waals surface area contributed by atoms with Crippen LogP contribution in [0.25, 0.3) is 43.1 Å². The first-order valence-electron chi connectivity index (χ1n) is 24.6. The number of methoxy groups -OCH3 is 1. The van der Waals surface area contributed by atoms with Crippen molar-refractivity contribution in [2.24, 2.45) is 0 Å². The van der Waals surface area contributed by atoms with E-state index in [1.807, 2.05) is 115 Å². The Morgan fingerprint density at radius 3 is 1.21 bits per heavy atom. The van der Waals surface area contributed by atoms with Crippen molar-refractivity contribution < 1.29 is 18.5 Å². The number of pyridine rings is 4. The Morgan fingerprint density at radius 2 is 0.833 bits per heavy atom. The first kappa shape index (κ1) is 53.1. The van der Waals surface area contributed by atoms with Crippen molar-refractivity contribution in [1.82, 2.24) is 19.9 Å². The molecule has 0 bridgehead atoms. The van der Waals surface area contributed by atoms with E-state index in [2.05, 4.69) is 48.0 Å². The number of rotatable bonds is 10. The van der Waals surface area contributed by atoms with E-state index < -0.39 is 4.92 Å². The normalized spacial score (nSPS) is 10.8. The quantitative estimate of drug-likeness (QED) is 0.0766. The summed E-state index contributed by atoms with van der Waals surface area (Å²) in [7, 11) is 1.44. The zero-order valence-corrected chi connectivity index (χ0v) is 43.5. The minimum absolute atomic E-state index is 0.0323. The molecular formula is C63H49BrFN5O8. The van der Waals surface area contributed by atoms with Crippen LogP contribution in [0.15, 0.2) is 235 Å². The zero-order valence-electron chi connectivity index (χ0n) is 41.9. The van der Waals surface area contributed by atoms with Gasteiger partial charge < -0.3 is 29.1 Å². The van der Waals surface area contributed by atoms with Crippen LogP contribution in [0.3, 0.4) is 0 Å². The lowest BCUT2D eigenvalue weighted by molar-refractivity contribution is -0.384. The third-order valence-corrected chi connectivity index (χ3v) is 13.5. The van der Waals surface area contributed by atoms with Gasteiger partial charge in [-0.25, -0.2) is 4.39 Å². The van der Waals surface area contributed by atoms with Crippen LogP contribution >= 0.6 is 15.9 Å². The molecular weight excluding hydrogens is 1050 g/mol. The van der Waals surface area contributed by atoms with Crippen LogP contribution in [-0.4, -0.2) is 32.0 Å². The van der Waals surface area contributed by atoms with Crippen LogP contribution in [0.2, 0.25) is 0 Å². The highest BCUT2D eigenvalue weighted by Gasteiger charge is 2.11. The summed E-state index contributed by atoms with van der Waals surface area (Å²) in [6.07, 6.45) is 11.3. The van der Waals surface area contributed by atoms with Gasteiger partial charge in [0.1, 0.15) is 5.76 Å². The predicted octanol–water partition coefficient (Wildman–Crippen LogP) is 12.9. The second-order valence-corrected chi connectivity index (χ2v) is 19.0. The number of hydrogen-bond donors (Lipinski definition) is 4. The Balaban J connectivity index is 0.000000127. The van der Waals surface area contributed by atoms with E-state index in [0.29, 0.717) is 30.0 Å². The minimum atomic E-state index is -0.417. The van der Waals surface area contributed by atoms with Gasteiger partial charge in [-0.05, 0) is 140 Å². The molecule has 388 valence electrons. The molecule has 0 atom stereocenters. The Bertz CT molecular complexity index is 4310. The molecule has 4 N–H and O–H groups in total. The van der Waals surface area contributed by atoms with Crippen molar-refractivity contribution in [2.75, 3.05) is 7.11 Å². The molecule has 0 aliphatic heterocycles. The molecule has 12 rings (SSSR count). The molecule has 0 aliphatic rings. The number of ether oxygens (including phenoxy) is 1. The standard InChI is InChI=1S/C17H14FNO2.C16H12BrNO.C16H12N2O3.C14H11NO2/c1-21-16-9-11(6-7-15(16)18)8-12-10-19-17(20)14-5-3-2-4-13(12)14;17-13-7-5-11(6-8-13)9-12-10-18-16(19)15-4-2-1-3-14(12)15;19-16-15-4-2-1-3-14(15)12(10-17-16)9-11-5-7-13(8-6-11)18(20)21;16-14-13-6-2-1-5-12(13)10(9-15-14)8-11-4-3-7-17-11/h2-7,9-10H,8H2,1H3,(H,19,20);1-8,10H,9H2,(H,18,19);1-8,10H,9H2,(H,17,19);1-7,9H,8H2,(H,15,16). The third kappa shape index (κ3) is 12.8. The van der Waals surface area contributed by atoms with Gasteiger partial charge in [0.2, 0.25) is 0 Å². The summed E-state index contributed by atoms with van der Waals surface area (Å²) in [6.45, 7) is 0. The SMILES string of the molecule is COc1cc(Cc2c[nH]c(=O)c3ccccc23)ccc1F.O=c1[nH]cc(Cc2ccc(Br)cc2)c2ccccc12.O=c1[nH]cc(Cc2ccc([N+](=O)[O-])cc2)c2ccccc12.O=c1[nH]cc(Cc2ccco2)c2ccccc12. The fourth-order valence-electron chi connectivity index (χ4n) is 9.07. The monoisotopic (exact) mass is 1100 g/mol. The third-order valence-electron chi connectivity index (χ3n) is 13.0. The predicted molar refractivity (Wildman–Crippen MR) is 308 cm³/mol. The highest BCUT2D eigenvalue weighted by molar-refractivity contribution is 9.10. The number of aromatic nitrogens is 4. The molecule has 0 fully saturated rings. The van der Waals surface area contributed by atoms with E-state index in [9.17, 15) is 33.7 Å². The molecule has 0 spiro atoms. The number of nitrogens with zero attached hydrogens (tertiary/aromatic N) is 1. The topological polar surface area (TPSA) is 197 Å². The van der Waals surface area contributed by atoms with Crippen LogP contribution in [-0.2, 0) is 25.7 Å². The number of H-pyrrole nitrogens is 4. The summed E-state index contributed by atoms with van der Waals surface area (Å²) >= 11 is 3.43. The molecule has 13 nitrogen and oxygen atoms in total. The van der Waals surface area contributed by atoms with Crippen molar-refractivity contribution in [3.05, 3.63) is 313 Å². The Hall–Kier alpha value is -9.73. The lowest BCUT2D eigenvalue weighted by atomic mass is 10.0. The lowest BCUT2D eigenvalue weighted by Crippen LogP contribution is -2.07. The van der Waals surface area contributed by atoms with E-state index in [-0.39, 0.29) is 39.5 Å². The van der Waals surface area contributed by atoms with Gasteiger partial charge in [-0.15, -0.1) is 0 Å². The summed E-state index contributed by atoms with van der Waals surface area (Å²) in [5.74, 6) is 0.732. The van der Waals surface area contributed by atoms with Crippen LogP contribution in [0.4, 0.5) is 10.1 Å². The molecule has 0 radical (unpaired) electrons. The molecule has 7 aromatic carbocycles. The second kappa shape index (κ2) is 24.7. The van der Waals surface area contributed by atoms with E-state index in [0.717, 1.165) is 82.4 Å². The molecule has 0 unspecified atom stereocenters. The molecule has 5 heterocycles. The summed E-state index contributed by atoms with van der Waals surface area (Å²) in [5.41, 5.74) is 7.04. The molecule has 78 heavy (non-hydrogen) atoms. The number of benzene rings is 7. The maximum Gasteiger partial charge on any atom is 0.269 e. The summed E-state index contributed by atoms with van der Waals surface area (Å²) < 4.78 is 24.8. The van der Waals surface area contributed by atoms with Crippen LogP contribution in [0.1, 0.15) is 44.7 Å². The summed E-state index contributed by atoms with van der Waals surface area (Å²) in [6, 6.07) is 53.4. The molecule has 5 aromatic heterocycles. The van der Waals surface area contributed by atoms with Crippen LogP contribution < -0.4 is 27.0 Å². The minimum Gasteiger partial charge on any atom is -0.494 e. The van der Waals surface area contributed by atoms with Crippen molar-refractivity contribution in [2.45, 2.75) is 25.7 Å². The highest BCUT2D eigenvalue weighted by atomic mass is 79.9. The van der Waals surface area contributed by atoms with Crippen molar-refractivity contribution in [1.29, 1.82) is 0 Å². The number of nitrogens with one attached hydrogen (secondary N) is 4. The number of nitro groups is 1. The number of non-ortho nitro benzene ring substituents is 1. The average molecular weight is 1100 g/mol. The zero-order chi connectivity index (χ0) is 54.5. The fraction of sp³-hybridized carbons (Fsp3) is 0.0794. The molecule has 12 aromatic rings. The Kier molecular flexibility index (Phi) is 16.8. The van der Waals surface area contributed by atoms with Crippen molar-refractivity contribution in [3.8, 4) is 5.75 Å². The molecule has 0 saturated carbocycles. The number of aromatic amines is 4. The lowest BCUT2D eigenvalue weighted by Gasteiger charge is -2.08. The Morgan fingerprint density at radius 1 is 0.474 bits per heavy atom. The van der Waals surface area contributed by atoms with E-state index >= 15 is 0 Å². The maximum atomic E-state index is 13.4. The number of hydrogen-bond acceptors (Lipinski definition) is 8. The molecule has 15 heteroatoms. The maximum absolute atomic E-state index is 13.4. The van der Waals surface area contributed by atoms with Gasteiger partial charge in [0.25, 0.3) is 27.9 Å². The summed E-state index contributed by atoms with van der Waals surface area (Å²) in [5, 5.41) is 17.2. The van der Waals surface area contributed by atoms with E-state index in [4.69, 9.17) is 9.15 Å². The largest absolute Gasteiger partial charge is 0.494 e. The number of fused-ring (bicyclic) bond motifs is 4. The number of nitro benzene ring substituents is 1. The van der Waals surface area contributed by atoms with Crippen LogP contribution in [0, 0.1) is 15.9 Å². The molecule has 0 amide bonds. The second-order valence-electron chi connectivity index (χ2n) is 18.1. The van der Waals surface area contributed by atoms with Gasteiger partial charge in [-0.2, -0.15) is 0 Å². The first-order valence-corrected chi connectivity index (χ1v) is 25.4. The fourth-order valence-corrected chi connectivity index (χ4v) is 9.34. The smallest absolute Gasteiger partial charge is 0.269 e.